The molecule has 1 amide bonds. The van der Waals surface area contributed by atoms with Crippen LogP contribution in [-0.2, 0) is 17.5 Å². The van der Waals surface area contributed by atoms with E-state index in [1.807, 2.05) is 0 Å². The lowest BCUT2D eigenvalue weighted by Crippen LogP contribution is -2.23. The van der Waals surface area contributed by atoms with Crippen molar-refractivity contribution in [2.24, 2.45) is 0 Å². The first-order valence-corrected chi connectivity index (χ1v) is 6.59. The molecule has 1 aromatic carbocycles. The number of alkyl halides is 3. The average Bonchev–Trinajstić information content (AvgIpc) is 2.99. The number of H-pyrrole nitrogens is 1. The number of rotatable bonds is 3. The third-order valence-electron chi connectivity index (χ3n) is 3.06. The first-order valence-electron chi connectivity index (χ1n) is 6.59. The zero-order valence-corrected chi connectivity index (χ0v) is 11.8. The number of carbonyl (C=O) groups excluding carboxylic acids is 1. The van der Waals surface area contributed by atoms with E-state index in [1.165, 1.54) is 4.68 Å². The fourth-order valence-corrected chi connectivity index (χ4v) is 2.03. The Labute approximate surface area is 131 Å². The lowest BCUT2D eigenvalue weighted by molar-refractivity contribution is -0.144. The molecule has 0 atom stereocenters. The second-order valence-corrected chi connectivity index (χ2v) is 4.74. The van der Waals surface area contributed by atoms with Gasteiger partial charge in [0.05, 0.1) is 11.7 Å². The number of halogens is 3. The number of hydrogen-bond donors (Lipinski definition) is 2. The molecule has 11 heteroatoms. The summed E-state index contributed by atoms with van der Waals surface area (Å²) in [6.07, 6.45) is -3.63. The highest BCUT2D eigenvalue weighted by Gasteiger charge is 2.35. The summed E-state index contributed by atoms with van der Waals surface area (Å²) in [5.74, 6) is -2.51. The molecule has 0 aliphatic heterocycles. The molecular formula is C13H9F3N6O2. The molecule has 2 aromatic heterocycles. The summed E-state index contributed by atoms with van der Waals surface area (Å²) in [6, 6.07) is 6.52. The Morgan fingerprint density at radius 2 is 2.04 bits per heavy atom. The Hall–Kier alpha value is -3.24. The van der Waals surface area contributed by atoms with Crippen molar-refractivity contribution in [3.63, 3.8) is 0 Å². The summed E-state index contributed by atoms with van der Waals surface area (Å²) in [5, 5.41) is 11.3. The van der Waals surface area contributed by atoms with Crippen molar-refractivity contribution in [1.82, 2.24) is 25.0 Å². The molecule has 0 fully saturated rings. The monoisotopic (exact) mass is 338 g/mol. The Morgan fingerprint density at radius 1 is 1.29 bits per heavy atom. The summed E-state index contributed by atoms with van der Waals surface area (Å²) in [6.45, 7) is -0.323. The van der Waals surface area contributed by atoms with Crippen LogP contribution in [0.3, 0.4) is 0 Å². The number of hydrogen-bond acceptors (Lipinski definition) is 5. The maximum absolute atomic E-state index is 12.4. The van der Waals surface area contributed by atoms with Gasteiger partial charge in [0.15, 0.2) is 0 Å². The van der Waals surface area contributed by atoms with E-state index in [1.54, 1.807) is 29.4 Å². The maximum atomic E-state index is 12.4. The second-order valence-electron chi connectivity index (χ2n) is 4.74. The van der Waals surface area contributed by atoms with Crippen molar-refractivity contribution in [2.75, 3.05) is 5.32 Å². The first-order chi connectivity index (χ1) is 11.3. The van der Waals surface area contributed by atoms with Crippen LogP contribution in [0.1, 0.15) is 5.82 Å². The number of carbonyl (C=O) groups is 1. The van der Waals surface area contributed by atoms with E-state index in [0.29, 0.717) is 10.9 Å². The number of amides is 1. The first kappa shape index (κ1) is 15.6. The Bertz CT molecular complexity index is 962. The molecule has 0 saturated carbocycles. The molecule has 0 radical (unpaired) electrons. The van der Waals surface area contributed by atoms with Gasteiger partial charge in [0.25, 0.3) is 0 Å². The minimum atomic E-state index is -4.69. The van der Waals surface area contributed by atoms with Crippen molar-refractivity contribution >= 4 is 22.8 Å². The lowest BCUT2D eigenvalue weighted by atomic mass is 10.2. The molecule has 24 heavy (non-hydrogen) atoms. The second kappa shape index (κ2) is 5.76. The Kier molecular flexibility index (Phi) is 3.75. The molecule has 0 unspecified atom stereocenters. The van der Waals surface area contributed by atoms with E-state index in [-0.39, 0.29) is 12.0 Å². The summed E-state index contributed by atoms with van der Waals surface area (Å²) in [7, 11) is 0. The Morgan fingerprint density at radius 3 is 2.75 bits per heavy atom. The maximum Gasteiger partial charge on any atom is 0.451 e. The molecule has 2 heterocycles. The molecule has 0 bridgehead atoms. The Balaban J connectivity index is 1.80. The molecule has 3 aromatic rings. The van der Waals surface area contributed by atoms with Gasteiger partial charge in [-0.1, -0.05) is 12.1 Å². The van der Waals surface area contributed by atoms with Gasteiger partial charge in [-0.15, -0.1) is 5.10 Å². The van der Waals surface area contributed by atoms with E-state index in [2.05, 4.69) is 20.5 Å². The molecule has 0 spiro atoms. The molecule has 0 saturated heterocycles. The van der Waals surface area contributed by atoms with Gasteiger partial charge < -0.3 is 0 Å². The van der Waals surface area contributed by atoms with Gasteiger partial charge >= 0.3 is 6.18 Å². The van der Waals surface area contributed by atoms with Crippen molar-refractivity contribution in [1.29, 1.82) is 0 Å². The number of aromatic amines is 1. The highest BCUT2D eigenvalue weighted by Crippen LogP contribution is 2.26. The van der Waals surface area contributed by atoms with Crippen molar-refractivity contribution in [3.05, 3.63) is 46.5 Å². The van der Waals surface area contributed by atoms with E-state index in [0.717, 1.165) is 6.20 Å². The smallest absolute Gasteiger partial charge is 0.292 e. The van der Waals surface area contributed by atoms with Crippen LogP contribution in [0.25, 0.3) is 10.9 Å². The number of nitrogens with zero attached hydrogens (tertiary/aromatic N) is 4. The molecule has 8 nitrogen and oxygen atoms in total. The van der Waals surface area contributed by atoms with E-state index in [4.69, 9.17) is 0 Å². The largest absolute Gasteiger partial charge is 0.451 e. The van der Waals surface area contributed by atoms with Gasteiger partial charge in [0.1, 0.15) is 6.54 Å². The van der Waals surface area contributed by atoms with Crippen LogP contribution in [0.4, 0.5) is 19.1 Å². The van der Waals surface area contributed by atoms with Gasteiger partial charge in [0, 0.05) is 5.39 Å². The molecule has 124 valence electrons. The number of anilines is 1. The van der Waals surface area contributed by atoms with Gasteiger partial charge in [-0.2, -0.15) is 23.3 Å². The van der Waals surface area contributed by atoms with Crippen LogP contribution in [-0.4, -0.2) is 30.9 Å². The number of aromatic nitrogens is 5. The minimum Gasteiger partial charge on any atom is -0.292 e. The van der Waals surface area contributed by atoms with Crippen molar-refractivity contribution < 1.29 is 18.0 Å². The summed E-state index contributed by atoms with van der Waals surface area (Å²) >= 11 is 0. The predicted octanol–water partition coefficient (Wildman–Crippen LogP) is 1.17. The highest BCUT2D eigenvalue weighted by atomic mass is 19.4. The number of para-hydroxylation sites is 1. The average molecular weight is 338 g/mol. The van der Waals surface area contributed by atoms with Crippen LogP contribution in [0.2, 0.25) is 0 Å². The summed E-state index contributed by atoms with van der Waals surface area (Å²) < 4.78 is 38.5. The third kappa shape index (κ3) is 3.09. The summed E-state index contributed by atoms with van der Waals surface area (Å²) in [4.78, 5) is 26.8. The van der Waals surface area contributed by atoms with E-state index >= 15 is 0 Å². The molecular weight excluding hydrogens is 329 g/mol. The van der Waals surface area contributed by atoms with Crippen LogP contribution in [0.5, 0.6) is 0 Å². The van der Waals surface area contributed by atoms with Gasteiger partial charge in [0.2, 0.25) is 23.1 Å². The summed E-state index contributed by atoms with van der Waals surface area (Å²) in [5.41, 5.74) is 0.122. The number of fused-ring (bicyclic) bond motifs is 1. The normalized spacial score (nSPS) is 11.6. The van der Waals surface area contributed by atoms with Crippen molar-refractivity contribution in [3.8, 4) is 0 Å². The molecule has 3 rings (SSSR count). The molecule has 0 aliphatic carbocycles. The van der Waals surface area contributed by atoms with E-state index < -0.39 is 23.9 Å². The van der Waals surface area contributed by atoms with Crippen LogP contribution >= 0.6 is 0 Å². The predicted molar refractivity (Wildman–Crippen MR) is 76.0 cm³/mol. The quantitative estimate of drug-likeness (QED) is 0.746. The SMILES string of the molecule is O=C(Cn1ncc(=O)c2ccccc21)Nc1n[nH]c(C(F)(F)F)n1. The van der Waals surface area contributed by atoms with Gasteiger partial charge in [-0.05, 0) is 12.1 Å². The van der Waals surface area contributed by atoms with Crippen LogP contribution < -0.4 is 10.7 Å². The zero-order chi connectivity index (χ0) is 17.3. The van der Waals surface area contributed by atoms with Gasteiger partial charge in [-0.3, -0.25) is 24.7 Å². The van der Waals surface area contributed by atoms with Crippen molar-refractivity contribution in [2.45, 2.75) is 12.7 Å². The standard InChI is InChI=1S/C13H9F3N6O2/c14-13(15,16)11-19-12(21-20-11)18-10(24)6-22-8-4-2-1-3-7(8)9(23)5-17-22/h1-5H,6H2,(H2,18,19,20,21,24). The third-order valence-corrected chi connectivity index (χ3v) is 3.06. The molecule has 2 N–H and O–H groups in total. The zero-order valence-electron chi connectivity index (χ0n) is 11.8. The minimum absolute atomic E-state index is 0.300. The van der Waals surface area contributed by atoms with Gasteiger partial charge in [-0.25, -0.2) is 0 Å². The number of benzene rings is 1. The van der Waals surface area contributed by atoms with E-state index in [9.17, 15) is 22.8 Å². The fraction of sp³-hybridized carbons (Fsp3) is 0.154. The molecule has 0 aliphatic rings. The topological polar surface area (TPSA) is 106 Å². The fourth-order valence-electron chi connectivity index (χ4n) is 2.03. The highest BCUT2D eigenvalue weighted by molar-refractivity contribution is 5.89. The number of nitrogens with one attached hydrogen (secondary N) is 2. The van der Waals surface area contributed by atoms with Crippen LogP contribution in [0, 0.1) is 0 Å². The lowest BCUT2D eigenvalue weighted by Gasteiger charge is -2.08. The van der Waals surface area contributed by atoms with Crippen LogP contribution in [0.15, 0.2) is 35.3 Å².